The van der Waals surface area contributed by atoms with Crippen molar-refractivity contribution in [2.24, 2.45) is 0 Å². The smallest absolute Gasteiger partial charge is 0.229 e. The van der Waals surface area contributed by atoms with Gasteiger partial charge < -0.3 is 4.74 Å². The third-order valence-electron chi connectivity index (χ3n) is 4.20. The Balaban J connectivity index is 1.59. The summed E-state index contributed by atoms with van der Waals surface area (Å²) in [6.45, 7) is 0.409. The Bertz CT molecular complexity index is 984. The molecule has 1 amide bonds. The maximum atomic E-state index is 12.0. The molecule has 0 radical (unpaired) electrons. The van der Waals surface area contributed by atoms with Gasteiger partial charge in [0.1, 0.15) is 18.7 Å². The van der Waals surface area contributed by atoms with Gasteiger partial charge in [-0.1, -0.05) is 23.7 Å². The van der Waals surface area contributed by atoms with Crippen molar-refractivity contribution < 1.29 is 9.53 Å². The van der Waals surface area contributed by atoms with E-state index in [1.54, 1.807) is 4.68 Å². The molecule has 2 aromatic carbocycles. The Kier molecular flexibility index (Phi) is 5.21. The lowest BCUT2D eigenvalue weighted by Crippen LogP contribution is -2.29. The molecule has 0 saturated carbocycles. The first kappa shape index (κ1) is 18.5. The highest BCUT2D eigenvalue weighted by Gasteiger charge is 2.28. The minimum atomic E-state index is -0.228. The maximum Gasteiger partial charge on any atom is 0.229 e. The lowest BCUT2D eigenvalue weighted by atomic mass is 10.0. The maximum absolute atomic E-state index is 12.0. The van der Waals surface area contributed by atoms with Crippen molar-refractivity contribution in [2.45, 2.75) is 19.1 Å². The van der Waals surface area contributed by atoms with Crippen LogP contribution in [0.25, 0.3) is 0 Å². The van der Waals surface area contributed by atoms with E-state index in [-0.39, 0.29) is 11.9 Å². The number of fused-ring (bicyclic) bond motifs is 1. The van der Waals surface area contributed by atoms with Crippen molar-refractivity contribution in [1.29, 1.82) is 0 Å². The molecule has 4 rings (SSSR count). The van der Waals surface area contributed by atoms with Crippen LogP contribution in [0, 0.1) is 0 Å². The van der Waals surface area contributed by atoms with Gasteiger partial charge in [0.2, 0.25) is 11.9 Å². The van der Waals surface area contributed by atoms with Crippen LogP contribution >= 0.6 is 43.5 Å². The van der Waals surface area contributed by atoms with Crippen LogP contribution in [0.2, 0.25) is 5.02 Å². The van der Waals surface area contributed by atoms with Gasteiger partial charge in [-0.2, -0.15) is 10.1 Å². The Morgan fingerprint density at radius 1 is 1.22 bits per heavy atom. The lowest BCUT2D eigenvalue weighted by molar-refractivity contribution is -0.117. The molecule has 0 fully saturated rings. The highest BCUT2D eigenvalue weighted by Crippen LogP contribution is 2.39. The highest BCUT2D eigenvalue weighted by atomic mass is 79.9. The second-order valence-electron chi connectivity index (χ2n) is 6.03. The summed E-state index contributed by atoms with van der Waals surface area (Å²) in [6, 6.07) is 11.2. The fraction of sp³-hybridized carbons (Fsp3) is 0.167. The first-order valence-electron chi connectivity index (χ1n) is 8.07. The molecular weight excluding hydrogens is 499 g/mol. The number of hydrogen-bond acceptors (Lipinski definition) is 4. The Labute approximate surface area is 177 Å². The van der Waals surface area contributed by atoms with Gasteiger partial charge in [-0.3, -0.25) is 10.1 Å². The summed E-state index contributed by atoms with van der Waals surface area (Å²) in [4.78, 5) is 16.1. The van der Waals surface area contributed by atoms with Crippen LogP contribution in [0.3, 0.4) is 0 Å². The zero-order chi connectivity index (χ0) is 19.0. The SMILES string of the molecule is O=C1C[C@@H](c2cc(Br)c(OCc3ccc(Cl)cc3)c(Br)c2)n2ncnc2N1. The van der Waals surface area contributed by atoms with E-state index in [4.69, 9.17) is 16.3 Å². The first-order valence-corrected chi connectivity index (χ1v) is 10.0. The lowest BCUT2D eigenvalue weighted by Gasteiger charge is -2.24. The largest absolute Gasteiger partial charge is 0.487 e. The van der Waals surface area contributed by atoms with Gasteiger partial charge in [-0.15, -0.1) is 0 Å². The zero-order valence-electron chi connectivity index (χ0n) is 13.8. The molecule has 1 aliphatic rings. The van der Waals surface area contributed by atoms with Crippen molar-refractivity contribution >= 4 is 55.3 Å². The van der Waals surface area contributed by atoms with E-state index in [0.717, 1.165) is 20.1 Å². The molecule has 1 aromatic heterocycles. The fourth-order valence-corrected chi connectivity index (χ4v) is 4.49. The average Bonchev–Trinajstić information content (AvgIpc) is 3.10. The van der Waals surface area contributed by atoms with Gasteiger partial charge >= 0.3 is 0 Å². The molecule has 27 heavy (non-hydrogen) atoms. The van der Waals surface area contributed by atoms with Gasteiger partial charge in [-0.05, 0) is 67.3 Å². The van der Waals surface area contributed by atoms with Crippen LogP contribution in [0.4, 0.5) is 5.95 Å². The van der Waals surface area contributed by atoms with Crippen LogP contribution in [-0.2, 0) is 11.4 Å². The molecule has 9 heteroatoms. The van der Waals surface area contributed by atoms with E-state index in [1.165, 1.54) is 6.33 Å². The number of ether oxygens (including phenoxy) is 1. The van der Waals surface area contributed by atoms with Crippen molar-refractivity contribution in [2.75, 3.05) is 5.32 Å². The summed E-state index contributed by atoms with van der Waals surface area (Å²) in [7, 11) is 0. The number of amides is 1. The monoisotopic (exact) mass is 510 g/mol. The third kappa shape index (κ3) is 3.88. The van der Waals surface area contributed by atoms with E-state index in [2.05, 4.69) is 47.3 Å². The number of benzene rings is 2. The highest BCUT2D eigenvalue weighted by molar-refractivity contribution is 9.11. The molecule has 0 bridgehead atoms. The summed E-state index contributed by atoms with van der Waals surface area (Å²) < 4.78 is 9.24. The van der Waals surface area contributed by atoms with Crippen LogP contribution < -0.4 is 10.1 Å². The van der Waals surface area contributed by atoms with E-state index in [9.17, 15) is 4.79 Å². The molecule has 138 valence electrons. The van der Waals surface area contributed by atoms with Crippen molar-refractivity contribution in [1.82, 2.24) is 14.8 Å². The van der Waals surface area contributed by atoms with Crippen LogP contribution in [0.5, 0.6) is 5.75 Å². The zero-order valence-corrected chi connectivity index (χ0v) is 17.8. The van der Waals surface area contributed by atoms with Crippen LogP contribution in [0.1, 0.15) is 23.6 Å². The number of nitrogens with zero attached hydrogens (tertiary/aromatic N) is 3. The minimum Gasteiger partial charge on any atom is -0.487 e. The van der Waals surface area contributed by atoms with E-state index < -0.39 is 0 Å². The summed E-state index contributed by atoms with van der Waals surface area (Å²) in [5.74, 6) is 1.05. The van der Waals surface area contributed by atoms with Gasteiger partial charge in [0.15, 0.2) is 0 Å². The van der Waals surface area contributed by atoms with Crippen LogP contribution in [-0.4, -0.2) is 20.7 Å². The molecule has 0 spiro atoms. The molecule has 0 unspecified atom stereocenters. The summed E-state index contributed by atoms with van der Waals surface area (Å²) in [6.07, 6.45) is 1.72. The number of nitrogens with one attached hydrogen (secondary N) is 1. The molecule has 1 atom stereocenters. The number of anilines is 1. The van der Waals surface area contributed by atoms with Crippen LogP contribution in [0.15, 0.2) is 51.7 Å². The standard InChI is InChI=1S/C18H13Br2ClN4O2/c19-13-5-11(15-7-16(26)24-18-22-9-23-25(15)18)6-14(20)17(13)27-8-10-1-3-12(21)4-2-10/h1-6,9,15H,7-8H2,(H,22,23,24,26)/t15-/m0/s1. The predicted octanol–water partition coefficient (Wildman–Crippen LogP) is 4.97. The molecule has 6 nitrogen and oxygen atoms in total. The molecule has 1 N–H and O–H groups in total. The van der Waals surface area contributed by atoms with Crippen molar-refractivity contribution in [3.63, 3.8) is 0 Å². The molecule has 0 saturated heterocycles. The molecule has 0 aliphatic carbocycles. The first-order chi connectivity index (χ1) is 13.0. The number of carbonyl (C=O) groups excluding carboxylic acids is 1. The van der Waals surface area contributed by atoms with E-state index in [0.29, 0.717) is 29.7 Å². The quantitative estimate of drug-likeness (QED) is 0.536. The normalized spacial score (nSPS) is 16.0. The van der Waals surface area contributed by atoms with E-state index in [1.807, 2.05) is 36.4 Å². The van der Waals surface area contributed by atoms with Gasteiger partial charge in [0, 0.05) is 5.02 Å². The minimum absolute atomic E-state index is 0.0872. The number of rotatable bonds is 4. The second kappa shape index (κ2) is 7.61. The molecule has 1 aliphatic heterocycles. The molecule has 2 heterocycles. The number of hydrogen-bond donors (Lipinski definition) is 1. The molecular formula is C18H13Br2ClN4O2. The Morgan fingerprint density at radius 3 is 2.63 bits per heavy atom. The van der Waals surface area contributed by atoms with Crippen molar-refractivity contribution in [3.8, 4) is 5.75 Å². The van der Waals surface area contributed by atoms with Gasteiger partial charge in [-0.25, -0.2) is 4.68 Å². The Hall–Kier alpha value is -1.90. The number of carbonyl (C=O) groups is 1. The summed E-state index contributed by atoms with van der Waals surface area (Å²) in [5.41, 5.74) is 1.94. The number of aromatic nitrogens is 3. The Morgan fingerprint density at radius 2 is 1.93 bits per heavy atom. The number of halogens is 3. The second-order valence-corrected chi connectivity index (χ2v) is 8.17. The third-order valence-corrected chi connectivity index (χ3v) is 5.63. The summed E-state index contributed by atoms with van der Waals surface area (Å²) in [5, 5.41) is 7.64. The topological polar surface area (TPSA) is 69.0 Å². The summed E-state index contributed by atoms with van der Waals surface area (Å²) >= 11 is 13.1. The fourth-order valence-electron chi connectivity index (χ4n) is 2.91. The average molecular weight is 513 g/mol. The van der Waals surface area contributed by atoms with Gasteiger partial charge in [0.05, 0.1) is 21.4 Å². The van der Waals surface area contributed by atoms with Crippen molar-refractivity contribution in [3.05, 3.63) is 67.8 Å². The molecule has 3 aromatic rings. The van der Waals surface area contributed by atoms with Gasteiger partial charge in [0.25, 0.3) is 0 Å². The van der Waals surface area contributed by atoms with E-state index >= 15 is 0 Å². The predicted molar refractivity (Wildman–Crippen MR) is 109 cm³/mol.